The third-order valence-electron chi connectivity index (χ3n) is 2.29. The molecule has 1 amide bonds. The van der Waals surface area contributed by atoms with Gasteiger partial charge in [-0.1, -0.05) is 0 Å². The summed E-state index contributed by atoms with van der Waals surface area (Å²) < 4.78 is 37.9. The molecule has 6 nitrogen and oxygen atoms in total. The van der Waals surface area contributed by atoms with Crippen LogP contribution in [0.2, 0.25) is 0 Å². The molecule has 2 heterocycles. The van der Waals surface area contributed by atoms with Crippen LogP contribution >= 0.6 is 0 Å². The summed E-state index contributed by atoms with van der Waals surface area (Å²) in [5.41, 5.74) is 2.33. The topological polar surface area (TPSA) is 53.4 Å². The van der Waals surface area contributed by atoms with Crippen LogP contribution in [0.4, 0.5) is 23.8 Å². The Morgan fingerprint density at radius 3 is 2.71 bits per heavy atom. The highest BCUT2D eigenvalue weighted by Gasteiger charge is 2.37. The second kappa shape index (κ2) is 3.62. The molecule has 0 saturated carbocycles. The van der Waals surface area contributed by atoms with Gasteiger partial charge in [0.1, 0.15) is 12.4 Å². The lowest BCUT2D eigenvalue weighted by Crippen LogP contribution is -2.59. The molecule has 0 aliphatic carbocycles. The Hall–Kier alpha value is -1.77. The fraction of sp³-hybridized carbons (Fsp3) is 0.500. The zero-order chi connectivity index (χ0) is 12.8. The Morgan fingerprint density at radius 1 is 1.47 bits per heavy atom. The third-order valence-corrected chi connectivity index (χ3v) is 2.29. The highest BCUT2D eigenvalue weighted by Crippen LogP contribution is 2.22. The SMILES string of the molecule is Cc1ncc2n1C(=O)N(CC(F)(F)F)NN2C. The van der Waals surface area contributed by atoms with Gasteiger partial charge in [-0.3, -0.25) is 5.01 Å². The molecule has 0 saturated heterocycles. The van der Waals surface area contributed by atoms with Gasteiger partial charge in [-0.05, 0) is 6.92 Å². The van der Waals surface area contributed by atoms with Crippen LogP contribution < -0.4 is 10.5 Å². The van der Waals surface area contributed by atoms with Crippen molar-refractivity contribution in [2.24, 2.45) is 0 Å². The molecule has 1 aromatic rings. The normalized spacial score (nSPS) is 16.4. The first-order chi connectivity index (χ1) is 7.79. The van der Waals surface area contributed by atoms with Gasteiger partial charge < -0.3 is 0 Å². The number of amides is 1. The highest BCUT2D eigenvalue weighted by atomic mass is 19.4. The molecule has 1 N–H and O–H groups in total. The zero-order valence-corrected chi connectivity index (χ0v) is 9.12. The maximum absolute atomic E-state index is 12.3. The number of fused-ring (bicyclic) bond motifs is 1. The van der Waals surface area contributed by atoms with E-state index in [-0.39, 0.29) is 0 Å². The standard InChI is InChI=1S/C8H10F3N5O/c1-5-12-3-6-14(2)13-15(4-8(9,10)11)7(17)16(5)6/h3,13H,4H2,1-2H3. The van der Waals surface area contributed by atoms with Crippen molar-refractivity contribution < 1.29 is 18.0 Å². The van der Waals surface area contributed by atoms with Gasteiger partial charge >= 0.3 is 12.2 Å². The Kier molecular flexibility index (Phi) is 2.49. The average Bonchev–Trinajstić information content (AvgIpc) is 2.55. The van der Waals surface area contributed by atoms with E-state index in [1.165, 1.54) is 18.3 Å². The van der Waals surface area contributed by atoms with Crippen LogP contribution in [0.15, 0.2) is 6.20 Å². The number of anilines is 1. The van der Waals surface area contributed by atoms with Gasteiger partial charge in [-0.25, -0.2) is 19.4 Å². The Balaban J connectivity index is 2.32. The molecule has 1 aliphatic rings. The van der Waals surface area contributed by atoms with Gasteiger partial charge in [0.25, 0.3) is 0 Å². The molecular weight excluding hydrogens is 239 g/mol. The van der Waals surface area contributed by atoms with Crippen LogP contribution in [0.5, 0.6) is 0 Å². The van der Waals surface area contributed by atoms with Crippen LogP contribution in [-0.4, -0.2) is 40.4 Å². The van der Waals surface area contributed by atoms with E-state index in [1.54, 1.807) is 6.92 Å². The Morgan fingerprint density at radius 2 is 2.12 bits per heavy atom. The number of imidazole rings is 1. The zero-order valence-electron chi connectivity index (χ0n) is 9.12. The number of alkyl halides is 3. The second-order valence-corrected chi connectivity index (χ2v) is 3.64. The largest absolute Gasteiger partial charge is 0.407 e. The second-order valence-electron chi connectivity index (χ2n) is 3.64. The van der Waals surface area contributed by atoms with E-state index < -0.39 is 18.8 Å². The van der Waals surface area contributed by atoms with Crippen molar-refractivity contribution in [2.45, 2.75) is 13.1 Å². The molecule has 1 aliphatic heterocycles. The predicted molar refractivity (Wildman–Crippen MR) is 52.1 cm³/mol. The Bertz CT molecular complexity index is 455. The molecule has 9 heteroatoms. The highest BCUT2D eigenvalue weighted by molar-refractivity contribution is 5.82. The molecule has 0 unspecified atom stereocenters. The lowest BCUT2D eigenvalue weighted by molar-refractivity contribution is -0.145. The first kappa shape index (κ1) is 11.7. The molecular formula is C8H10F3N5O. The van der Waals surface area contributed by atoms with Gasteiger partial charge in [-0.15, -0.1) is 5.53 Å². The number of nitrogens with one attached hydrogen (secondary N) is 1. The smallest absolute Gasteiger partial charge is 0.277 e. The average molecular weight is 249 g/mol. The monoisotopic (exact) mass is 249 g/mol. The molecule has 1 aromatic heterocycles. The molecule has 0 spiro atoms. The molecule has 0 fully saturated rings. The van der Waals surface area contributed by atoms with Crippen LogP contribution in [0, 0.1) is 6.92 Å². The predicted octanol–water partition coefficient (Wildman–Crippen LogP) is 0.893. The third kappa shape index (κ3) is 2.05. The number of halogens is 3. The number of carbonyl (C=O) groups is 1. The summed E-state index contributed by atoms with van der Waals surface area (Å²) in [5.74, 6) is 0.733. The summed E-state index contributed by atoms with van der Waals surface area (Å²) in [7, 11) is 1.50. The number of carbonyl (C=O) groups excluding carboxylic acids is 1. The van der Waals surface area contributed by atoms with Crippen LogP contribution in [-0.2, 0) is 0 Å². The fourth-order valence-electron chi connectivity index (χ4n) is 1.58. The molecule has 17 heavy (non-hydrogen) atoms. The molecule has 94 valence electrons. The maximum Gasteiger partial charge on any atom is 0.407 e. The molecule has 0 atom stereocenters. The molecule has 2 rings (SSSR count). The van der Waals surface area contributed by atoms with Crippen molar-refractivity contribution in [3.8, 4) is 0 Å². The van der Waals surface area contributed by atoms with Gasteiger partial charge in [0.05, 0.1) is 6.20 Å². The number of hydrazine groups is 2. The molecule has 0 bridgehead atoms. The van der Waals surface area contributed by atoms with Crippen molar-refractivity contribution >= 4 is 11.8 Å². The van der Waals surface area contributed by atoms with Crippen LogP contribution in [0.3, 0.4) is 0 Å². The lowest BCUT2D eigenvalue weighted by atomic mass is 10.5. The summed E-state index contributed by atoms with van der Waals surface area (Å²) in [6.07, 6.45) is -3.05. The van der Waals surface area contributed by atoms with Crippen LogP contribution in [0.1, 0.15) is 5.82 Å². The van der Waals surface area contributed by atoms with E-state index in [2.05, 4.69) is 10.5 Å². The number of hydrogen-bond acceptors (Lipinski definition) is 4. The summed E-state index contributed by atoms with van der Waals surface area (Å²) in [4.78, 5) is 15.7. The minimum absolute atomic E-state index is 0.338. The van der Waals surface area contributed by atoms with Crippen molar-refractivity contribution in [1.82, 2.24) is 20.1 Å². The molecule has 0 radical (unpaired) electrons. The molecule has 0 aromatic carbocycles. The summed E-state index contributed by atoms with van der Waals surface area (Å²) in [6, 6.07) is -0.801. The number of aryl methyl sites for hydroxylation is 1. The van der Waals surface area contributed by atoms with Gasteiger partial charge in [0.2, 0.25) is 0 Å². The number of aromatic nitrogens is 2. The number of hydrogen-bond donors (Lipinski definition) is 1. The van der Waals surface area contributed by atoms with E-state index in [0.717, 1.165) is 4.57 Å². The lowest BCUT2D eigenvalue weighted by Gasteiger charge is -2.35. The van der Waals surface area contributed by atoms with Gasteiger partial charge in [0, 0.05) is 7.05 Å². The Labute approximate surface area is 94.6 Å². The van der Waals surface area contributed by atoms with E-state index in [1.807, 2.05) is 0 Å². The first-order valence-corrected chi connectivity index (χ1v) is 4.72. The van der Waals surface area contributed by atoms with E-state index in [0.29, 0.717) is 16.7 Å². The quantitative estimate of drug-likeness (QED) is 0.803. The summed E-state index contributed by atoms with van der Waals surface area (Å²) in [5, 5.41) is 1.79. The van der Waals surface area contributed by atoms with Crippen molar-refractivity contribution in [1.29, 1.82) is 0 Å². The van der Waals surface area contributed by atoms with Gasteiger partial charge in [0.15, 0.2) is 5.82 Å². The minimum Gasteiger partial charge on any atom is -0.277 e. The van der Waals surface area contributed by atoms with Crippen molar-refractivity contribution in [2.75, 3.05) is 18.6 Å². The number of nitrogens with zero attached hydrogens (tertiary/aromatic N) is 4. The number of rotatable bonds is 1. The van der Waals surface area contributed by atoms with E-state index >= 15 is 0 Å². The van der Waals surface area contributed by atoms with Gasteiger partial charge in [-0.2, -0.15) is 13.2 Å². The fourth-order valence-corrected chi connectivity index (χ4v) is 1.58. The first-order valence-electron chi connectivity index (χ1n) is 4.72. The summed E-state index contributed by atoms with van der Waals surface area (Å²) >= 11 is 0. The van der Waals surface area contributed by atoms with E-state index in [4.69, 9.17) is 0 Å². The maximum atomic E-state index is 12.3. The van der Waals surface area contributed by atoms with Crippen LogP contribution in [0.25, 0.3) is 0 Å². The summed E-state index contributed by atoms with van der Waals surface area (Å²) in [6.45, 7) is 0.180. The van der Waals surface area contributed by atoms with E-state index in [9.17, 15) is 18.0 Å². The minimum atomic E-state index is -4.46. The van der Waals surface area contributed by atoms with Crippen molar-refractivity contribution in [3.63, 3.8) is 0 Å². The van der Waals surface area contributed by atoms with Crippen molar-refractivity contribution in [3.05, 3.63) is 12.0 Å².